The minimum atomic E-state index is -0.591. The fourth-order valence-corrected chi connectivity index (χ4v) is 6.14. The van der Waals surface area contributed by atoms with E-state index in [1.807, 2.05) is 72.3 Å². The highest BCUT2D eigenvalue weighted by Gasteiger charge is 2.32. The number of thioether (sulfide) groups is 1. The molecule has 1 aliphatic rings. The van der Waals surface area contributed by atoms with Gasteiger partial charge in [-0.2, -0.15) is 0 Å². The predicted molar refractivity (Wildman–Crippen MR) is 172 cm³/mol. The number of rotatable bonds is 14. The molecule has 0 saturated carbocycles. The van der Waals surface area contributed by atoms with E-state index in [1.54, 1.807) is 23.6 Å². The molecule has 2 amide bonds. The minimum absolute atomic E-state index is 0.0116. The summed E-state index contributed by atoms with van der Waals surface area (Å²) in [5.74, 6) is 0.146. The lowest BCUT2D eigenvalue weighted by Crippen LogP contribution is -2.31. The van der Waals surface area contributed by atoms with Crippen molar-refractivity contribution in [1.82, 2.24) is 25.6 Å². The van der Waals surface area contributed by atoms with Crippen molar-refractivity contribution in [3.05, 3.63) is 101 Å². The summed E-state index contributed by atoms with van der Waals surface area (Å²) in [5.41, 5.74) is 7.35. The Bertz CT molecular complexity index is 1600. The van der Waals surface area contributed by atoms with Crippen molar-refractivity contribution in [1.29, 1.82) is 0 Å². The van der Waals surface area contributed by atoms with Crippen molar-refractivity contribution in [3.63, 3.8) is 0 Å². The third-order valence-corrected chi connectivity index (χ3v) is 8.94. The fraction of sp³-hybridized carbons (Fsp3) is 0.353. The number of carbonyl (C=O) groups excluding carboxylic acids is 2. The molecular formula is C34H39N5O6S. The van der Waals surface area contributed by atoms with Crippen LogP contribution in [0.3, 0.4) is 0 Å². The van der Waals surface area contributed by atoms with Crippen molar-refractivity contribution in [2.75, 3.05) is 5.75 Å². The average molecular weight is 646 g/mol. The number of hydrogen-bond acceptors (Lipinski definition) is 9. The minimum Gasteiger partial charge on any atom is -0.392 e. The number of aliphatic hydroxyl groups excluding tert-OH is 1. The molecule has 0 aliphatic carbocycles. The van der Waals surface area contributed by atoms with Gasteiger partial charge in [0, 0.05) is 44.2 Å². The zero-order valence-corrected chi connectivity index (χ0v) is 26.5. The Morgan fingerprint density at radius 3 is 2.39 bits per heavy atom. The lowest BCUT2D eigenvalue weighted by molar-refractivity contribution is -0.245. The van der Waals surface area contributed by atoms with Gasteiger partial charge in [-0.3, -0.25) is 14.8 Å². The Morgan fingerprint density at radius 1 is 0.935 bits per heavy atom. The van der Waals surface area contributed by atoms with Gasteiger partial charge in [-0.05, 0) is 52.8 Å². The monoisotopic (exact) mass is 645 g/mol. The Labute approximate surface area is 272 Å². The highest BCUT2D eigenvalue weighted by Crippen LogP contribution is 2.40. The fourth-order valence-electron chi connectivity index (χ4n) is 5.24. The van der Waals surface area contributed by atoms with Crippen molar-refractivity contribution >= 4 is 23.6 Å². The molecule has 11 nitrogen and oxygen atoms in total. The van der Waals surface area contributed by atoms with E-state index >= 15 is 0 Å². The number of hydrogen-bond donors (Lipinski definition) is 4. The number of hydroxylamine groups is 1. The molecule has 46 heavy (non-hydrogen) atoms. The van der Waals surface area contributed by atoms with E-state index in [0.29, 0.717) is 38.0 Å². The Hall–Kier alpha value is -4.07. The molecule has 1 aliphatic heterocycles. The predicted octanol–water partition coefficient (Wildman–Crippen LogP) is 4.99. The maximum atomic E-state index is 12.3. The summed E-state index contributed by atoms with van der Waals surface area (Å²) in [6.07, 6.45) is 3.04. The van der Waals surface area contributed by atoms with Gasteiger partial charge in [0.25, 0.3) is 0 Å². The zero-order valence-electron chi connectivity index (χ0n) is 25.7. The highest BCUT2D eigenvalue weighted by molar-refractivity contribution is 7.99. The second-order valence-electron chi connectivity index (χ2n) is 11.2. The SMILES string of the molecule is Cn1cnnc1SC[C@@H]1C[C@H](c2ccc(CO)cc2)O[C@H](c2cccc(-c3cccc(CNC(=O)CCCCC(=O)NO)c3)c2)O1. The number of nitrogens with zero attached hydrogens (tertiary/aromatic N) is 3. The largest absolute Gasteiger partial charge is 0.392 e. The number of unbranched alkanes of at least 4 members (excludes halogenated alkanes) is 1. The van der Waals surface area contributed by atoms with E-state index in [0.717, 1.165) is 38.5 Å². The van der Waals surface area contributed by atoms with Gasteiger partial charge in [0.05, 0.1) is 18.8 Å². The molecule has 5 rings (SSSR count). The van der Waals surface area contributed by atoms with Gasteiger partial charge < -0.3 is 24.5 Å². The number of carbonyl (C=O) groups is 2. The lowest BCUT2D eigenvalue weighted by Gasteiger charge is -2.36. The Morgan fingerprint density at radius 2 is 1.67 bits per heavy atom. The van der Waals surface area contributed by atoms with Crippen LogP contribution in [0.1, 0.15) is 66.8 Å². The van der Waals surface area contributed by atoms with Crippen LogP contribution in [0.4, 0.5) is 0 Å². The summed E-state index contributed by atoms with van der Waals surface area (Å²) in [7, 11) is 1.92. The molecule has 12 heteroatoms. The molecule has 0 unspecified atom stereocenters. The molecular weight excluding hydrogens is 606 g/mol. The van der Waals surface area contributed by atoms with Gasteiger partial charge in [-0.1, -0.05) is 72.4 Å². The summed E-state index contributed by atoms with van der Waals surface area (Å²) in [6.45, 7) is 0.377. The van der Waals surface area contributed by atoms with Crippen molar-refractivity contribution in [3.8, 4) is 11.1 Å². The number of aliphatic hydroxyl groups is 1. The molecule has 0 radical (unpaired) electrons. The van der Waals surface area contributed by atoms with Crippen LogP contribution < -0.4 is 10.8 Å². The first-order chi connectivity index (χ1) is 22.4. The van der Waals surface area contributed by atoms with Crippen LogP contribution in [-0.2, 0) is 39.3 Å². The lowest BCUT2D eigenvalue weighted by atomic mass is 9.99. The topological polar surface area (TPSA) is 148 Å². The molecule has 0 spiro atoms. The number of aromatic nitrogens is 3. The summed E-state index contributed by atoms with van der Waals surface area (Å²) in [4.78, 5) is 23.4. The molecule has 0 bridgehead atoms. The average Bonchev–Trinajstić information content (AvgIpc) is 3.52. The van der Waals surface area contributed by atoms with Crippen LogP contribution in [0.15, 0.2) is 84.3 Å². The van der Waals surface area contributed by atoms with Gasteiger partial charge >= 0.3 is 0 Å². The Kier molecular flexibility index (Phi) is 11.9. The smallest absolute Gasteiger partial charge is 0.243 e. The molecule has 1 aromatic heterocycles. The second kappa shape index (κ2) is 16.5. The van der Waals surface area contributed by atoms with Gasteiger partial charge in [0.1, 0.15) is 6.33 Å². The van der Waals surface area contributed by atoms with E-state index in [1.165, 1.54) is 0 Å². The molecule has 1 saturated heterocycles. The number of aryl methyl sites for hydroxylation is 1. The first-order valence-corrected chi connectivity index (χ1v) is 16.3. The number of ether oxygens (including phenoxy) is 2. The van der Waals surface area contributed by atoms with Crippen LogP contribution in [0, 0.1) is 0 Å². The maximum absolute atomic E-state index is 12.3. The third-order valence-electron chi connectivity index (χ3n) is 7.77. The molecule has 2 heterocycles. The normalized spacial score (nSPS) is 17.8. The standard InChI is InChI=1S/C34H39N5O6S/c1-39-22-36-37-34(39)46-21-29-18-30(25-14-12-23(20-40)13-15-25)45-33(44-29)28-9-5-8-27(17-28)26-7-4-6-24(16-26)19-35-31(41)10-2-3-11-32(42)38-43/h4-9,12-17,22,29-30,33,40,43H,2-3,10-11,18-21H2,1H3,(H,35,41)(H,38,42)/t29-,30+,33+/m0/s1. The van der Waals surface area contributed by atoms with E-state index in [2.05, 4.69) is 27.6 Å². The first-order valence-electron chi connectivity index (χ1n) is 15.3. The van der Waals surface area contributed by atoms with Crippen molar-refractivity contribution in [2.24, 2.45) is 7.05 Å². The van der Waals surface area contributed by atoms with Crippen LogP contribution in [0.2, 0.25) is 0 Å². The number of amides is 2. The number of benzene rings is 3. The maximum Gasteiger partial charge on any atom is 0.243 e. The van der Waals surface area contributed by atoms with Gasteiger partial charge in [0.15, 0.2) is 11.4 Å². The van der Waals surface area contributed by atoms with Crippen molar-refractivity contribution < 1.29 is 29.4 Å². The molecule has 3 aromatic carbocycles. The van der Waals surface area contributed by atoms with E-state index in [-0.39, 0.29) is 31.1 Å². The van der Waals surface area contributed by atoms with Crippen molar-refractivity contribution in [2.45, 2.75) is 68.9 Å². The second-order valence-corrected chi connectivity index (χ2v) is 12.2. The summed E-state index contributed by atoms with van der Waals surface area (Å²) < 4.78 is 15.0. The first kappa shape index (κ1) is 33.3. The van der Waals surface area contributed by atoms with E-state index < -0.39 is 12.2 Å². The molecule has 242 valence electrons. The molecule has 4 aromatic rings. The summed E-state index contributed by atoms with van der Waals surface area (Å²) in [5, 5.41) is 30.0. The number of nitrogens with one attached hydrogen (secondary N) is 2. The van der Waals surface area contributed by atoms with Crippen LogP contribution in [0.25, 0.3) is 11.1 Å². The molecule has 3 atom stereocenters. The van der Waals surface area contributed by atoms with E-state index in [4.69, 9.17) is 14.7 Å². The highest BCUT2D eigenvalue weighted by atomic mass is 32.2. The summed E-state index contributed by atoms with van der Waals surface area (Å²) >= 11 is 1.60. The third kappa shape index (κ3) is 9.24. The Balaban J connectivity index is 1.26. The van der Waals surface area contributed by atoms with Crippen LogP contribution >= 0.6 is 11.8 Å². The van der Waals surface area contributed by atoms with Gasteiger partial charge in [-0.15, -0.1) is 10.2 Å². The van der Waals surface area contributed by atoms with E-state index in [9.17, 15) is 14.7 Å². The zero-order chi connectivity index (χ0) is 32.3. The van der Waals surface area contributed by atoms with Gasteiger partial charge in [-0.25, -0.2) is 5.48 Å². The van der Waals surface area contributed by atoms with Gasteiger partial charge in [0.2, 0.25) is 11.8 Å². The van der Waals surface area contributed by atoms with Crippen LogP contribution in [-0.4, -0.2) is 48.7 Å². The quantitative estimate of drug-likeness (QED) is 0.0644. The summed E-state index contributed by atoms with van der Waals surface area (Å²) in [6, 6.07) is 24.0. The molecule has 4 N–H and O–H groups in total. The van der Waals surface area contributed by atoms with Crippen LogP contribution in [0.5, 0.6) is 0 Å². The molecule has 1 fully saturated rings.